The third-order valence-electron chi connectivity index (χ3n) is 4.48. The number of benzene rings is 1. The van der Waals surface area contributed by atoms with Crippen LogP contribution in [0, 0.1) is 20.8 Å². The number of thiazole rings is 1. The number of aromatic nitrogens is 3. The van der Waals surface area contributed by atoms with Crippen LogP contribution in [0.4, 0.5) is 0 Å². The molecule has 7 nitrogen and oxygen atoms in total. The molecule has 0 aliphatic carbocycles. The summed E-state index contributed by atoms with van der Waals surface area (Å²) in [6.45, 7) is 5.18. The van der Waals surface area contributed by atoms with E-state index in [2.05, 4.69) is 10.1 Å². The van der Waals surface area contributed by atoms with E-state index < -0.39 is 5.97 Å². The molecule has 0 bridgehead atoms. The number of carbonyl (C=O) groups is 2. The number of fused-ring (bicyclic) bond motifs is 1. The van der Waals surface area contributed by atoms with Crippen LogP contribution >= 0.6 is 11.3 Å². The molecule has 4 aromatic rings. The number of carbonyl (C=O) groups excluding carboxylic acids is 2. The maximum atomic E-state index is 12.6. The lowest BCUT2D eigenvalue weighted by Gasteiger charge is -2.06. The summed E-state index contributed by atoms with van der Waals surface area (Å²) in [7, 11) is 0. The molecule has 0 unspecified atom stereocenters. The van der Waals surface area contributed by atoms with Crippen molar-refractivity contribution in [2.45, 2.75) is 20.8 Å². The molecule has 3 heterocycles. The summed E-state index contributed by atoms with van der Waals surface area (Å²) in [5.74, 6) is 0.486. The summed E-state index contributed by atoms with van der Waals surface area (Å²) >= 11 is 1.44. The molecular formula is C20H17N3O4S. The average Bonchev–Trinajstić information content (AvgIpc) is 3.38. The fourth-order valence-corrected chi connectivity index (χ4v) is 3.85. The normalized spacial score (nSPS) is 11.1. The van der Waals surface area contributed by atoms with Crippen LogP contribution in [-0.4, -0.2) is 33.1 Å². The molecule has 0 radical (unpaired) electrons. The van der Waals surface area contributed by atoms with Gasteiger partial charge in [0.15, 0.2) is 12.4 Å². The lowest BCUT2D eigenvalue weighted by molar-refractivity contribution is 0.0474. The SMILES string of the molecule is Cc1cc(-n2c(C)cc(C(=O)COC(=O)c3ccc4ncsc4c3)c2C)no1. The van der Waals surface area contributed by atoms with Crippen LogP contribution in [0.15, 0.2) is 40.4 Å². The van der Waals surface area contributed by atoms with Crippen LogP contribution in [0.3, 0.4) is 0 Å². The number of hydrogen-bond donors (Lipinski definition) is 0. The zero-order chi connectivity index (χ0) is 19.8. The number of Topliss-reactive ketones (excluding diaryl/α,β-unsaturated/α-hetero) is 1. The number of rotatable bonds is 5. The van der Waals surface area contributed by atoms with Gasteiger partial charge in [0, 0.05) is 23.0 Å². The van der Waals surface area contributed by atoms with Gasteiger partial charge in [-0.25, -0.2) is 9.78 Å². The predicted octanol–water partition coefficient (Wildman–Crippen LogP) is 4.04. The second-order valence-corrected chi connectivity index (χ2v) is 7.34. The molecule has 0 aliphatic heterocycles. The molecule has 0 N–H and O–H groups in total. The van der Waals surface area contributed by atoms with Crippen molar-refractivity contribution in [1.82, 2.24) is 14.7 Å². The largest absolute Gasteiger partial charge is 0.454 e. The van der Waals surface area contributed by atoms with Gasteiger partial charge in [-0.05, 0) is 45.0 Å². The van der Waals surface area contributed by atoms with E-state index in [1.165, 1.54) is 11.3 Å². The van der Waals surface area contributed by atoms with Crippen molar-refractivity contribution in [2.75, 3.05) is 6.61 Å². The first-order valence-electron chi connectivity index (χ1n) is 8.60. The second-order valence-electron chi connectivity index (χ2n) is 6.45. The quantitative estimate of drug-likeness (QED) is 0.374. The van der Waals surface area contributed by atoms with Gasteiger partial charge in [0.05, 0.1) is 21.3 Å². The second kappa shape index (κ2) is 7.05. The summed E-state index contributed by atoms with van der Waals surface area (Å²) in [4.78, 5) is 29.1. The van der Waals surface area contributed by atoms with E-state index in [0.717, 1.165) is 21.6 Å². The third-order valence-corrected chi connectivity index (χ3v) is 5.27. The highest BCUT2D eigenvalue weighted by Gasteiger charge is 2.20. The van der Waals surface area contributed by atoms with Crippen molar-refractivity contribution in [3.05, 3.63) is 64.1 Å². The van der Waals surface area contributed by atoms with Crippen molar-refractivity contribution < 1.29 is 18.8 Å². The van der Waals surface area contributed by atoms with E-state index in [-0.39, 0.29) is 12.4 Å². The van der Waals surface area contributed by atoms with Crippen LogP contribution in [0.1, 0.15) is 37.9 Å². The smallest absolute Gasteiger partial charge is 0.338 e. The van der Waals surface area contributed by atoms with Crippen LogP contribution in [0.25, 0.3) is 16.0 Å². The Morgan fingerprint density at radius 2 is 2.00 bits per heavy atom. The van der Waals surface area contributed by atoms with Gasteiger partial charge in [0.25, 0.3) is 0 Å². The van der Waals surface area contributed by atoms with E-state index in [1.807, 2.05) is 18.4 Å². The summed E-state index contributed by atoms with van der Waals surface area (Å²) in [5, 5.41) is 4.00. The Morgan fingerprint density at radius 1 is 1.18 bits per heavy atom. The highest BCUT2D eigenvalue weighted by molar-refractivity contribution is 7.16. The van der Waals surface area contributed by atoms with Crippen LogP contribution < -0.4 is 0 Å². The minimum atomic E-state index is -0.537. The number of ether oxygens (including phenoxy) is 1. The average molecular weight is 395 g/mol. The fraction of sp³-hybridized carbons (Fsp3) is 0.200. The van der Waals surface area contributed by atoms with Crippen molar-refractivity contribution >= 4 is 33.3 Å². The zero-order valence-electron chi connectivity index (χ0n) is 15.6. The summed E-state index contributed by atoms with van der Waals surface area (Å²) in [6.07, 6.45) is 0. The van der Waals surface area contributed by atoms with Crippen molar-refractivity contribution in [2.24, 2.45) is 0 Å². The molecule has 28 heavy (non-hydrogen) atoms. The lowest BCUT2D eigenvalue weighted by atomic mass is 10.1. The molecule has 8 heteroatoms. The van der Waals surface area contributed by atoms with Gasteiger partial charge in [0.2, 0.25) is 5.78 Å². The molecule has 0 atom stereocenters. The van der Waals surface area contributed by atoms with E-state index in [9.17, 15) is 9.59 Å². The number of ketones is 1. The Labute approximate surface area is 164 Å². The first-order chi connectivity index (χ1) is 13.4. The molecule has 1 aromatic carbocycles. The summed E-state index contributed by atoms with van der Waals surface area (Å²) < 4.78 is 13.1. The van der Waals surface area contributed by atoms with Gasteiger partial charge in [0.1, 0.15) is 5.76 Å². The molecule has 3 aromatic heterocycles. The molecule has 0 fully saturated rings. The highest BCUT2D eigenvalue weighted by Crippen LogP contribution is 2.22. The molecular weight excluding hydrogens is 378 g/mol. The van der Waals surface area contributed by atoms with Gasteiger partial charge in [-0.2, -0.15) is 0 Å². The van der Waals surface area contributed by atoms with E-state index in [4.69, 9.17) is 9.26 Å². The van der Waals surface area contributed by atoms with Crippen LogP contribution in [-0.2, 0) is 4.74 Å². The molecule has 0 saturated heterocycles. The first kappa shape index (κ1) is 18.1. The molecule has 0 aliphatic rings. The van der Waals surface area contributed by atoms with Crippen molar-refractivity contribution in [3.63, 3.8) is 0 Å². The standard InChI is InChI=1S/C20H17N3O4S/c1-11-6-15(13(3)23(11)19-7-12(2)27-22-19)17(24)9-26-20(25)14-4-5-16-18(8-14)28-10-21-16/h4-8,10H,9H2,1-3H3. The van der Waals surface area contributed by atoms with Gasteiger partial charge in [-0.15, -0.1) is 11.3 Å². The first-order valence-corrected chi connectivity index (χ1v) is 9.48. The Morgan fingerprint density at radius 3 is 2.75 bits per heavy atom. The van der Waals surface area contributed by atoms with Crippen LogP contribution in [0.2, 0.25) is 0 Å². The summed E-state index contributed by atoms with van der Waals surface area (Å²) in [5.41, 5.74) is 4.99. The molecule has 0 amide bonds. The molecule has 142 valence electrons. The number of esters is 1. The zero-order valence-corrected chi connectivity index (χ0v) is 16.4. The van der Waals surface area contributed by atoms with E-state index >= 15 is 0 Å². The number of aryl methyl sites for hydroxylation is 2. The van der Waals surface area contributed by atoms with Gasteiger partial charge in [-0.1, -0.05) is 5.16 Å². The minimum absolute atomic E-state index is 0.271. The number of hydrogen-bond acceptors (Lipinski definition) is 7. The Kier molecular flexibility index (Phi) is 4.56. The van der Waals surface area contributed by atoms with Gasteiger partial charge in [-0.3, -0.25) is 9.36 Å². The van der Waals surface area contributed by atoms with Gasteiger partial charge >= 0.3 is 5.97 Å². The molecule has 0 spiro atoms. The molecule has 4 rings (SSSR count). The fourth-order valence-electron chi connectivity index (χ4n) is 3.13. The minimum Gasteiger partial charge on any atom is -0.454 e. The number of nitrogens with zero attached hydrogens (tertiary/aromatic N) is 3. The van der Waals surface area contributed by atoms with Gasteiger partial charge < -0.3 is 9.26 Å². The Balaban J connectivity index is 1.50. The maximum Gasteiger partial charge on any atom is 0.338 e. The highest BCUT2D eigenvalue weighted by atomic mass is 32.1. The van der Waals surface area contributed by atoms with E-state index in [1.54, 1.807) is 42.8 Å². The Bertz CT molecular complexity index is 1200. The van der Waals surface area contributed by atoms with Crippen molar-refractivity contribution in [3.8, 4) is 5.82 Å². The topological polar surface area (TPSA) is 87.2 Å². The lowest BCUT2D eigenvalue weighted by Crippen LogP contribution is -2.15. The van der Waals surface area contributed by atoms with Crippen molar-refractivity contribution in [1.29, 1.82) is 0 Å². The predicted molar refractivity (Wildman–Crippen MR) is 104 cm³/mol. The van der Waals surface area contributed by atoms with Crippen LogP contribution in [0.5, 0.6) is 0 Å². The molecule has 0 saturated carbocycles. The summed E-state index contributed by atoms with van der Waals surface area (Å²) in [6, 6.07) is 8.69. The Hall–Kier alpha value is -3.26. The maximum absolute atomic E-state index is 12.6. The van der Waals surface area contributed by atoms with E-state index in [0.29, 0.717) is 22.7 Å². The third kappa shape index (κ3) is 3.22. The monoisotopic (exact) mass is 395 g/mol.